The summed E-state index contributed by atoms with van der Waals surface area (Å²) < 4.78 is 4.84. The molecule has 14 rings (SSSR count). The summed E-state index contributed by atoms with van der Waals surface area (Å²) in [4.78, 5) is 0. The Balaban J connectivity index is 0.757. The maximum absolute atomic E-state index is 2.42. The van der Waals surface area contributed by atoms with E-state index in [1.165, 1.54) is 133 Å². The van der Waals surface area contributed by atoms with Gasteiger partial charge in [0.2, 0.25) is 0 Å². The highest BCUT2D eigenvalue weighted by atomic mass is 15.0. The fourth-order valence-corrected chi connectivity index (χ4v) is 12.2. The van der Waals surface area contributed by atoms with Crippen LogP contribution in [0.4, 0.5) is 0 Å². The van der Waals surface area contributed by atoms with Gasteiger partial charge in [0.25, 0.3) is 0 Å². The summed E-state index contributed by atoms with van der Waals surface area (Å²) in [7, 11) is 0. The zero-order chi connectivity index (χ0) is 46.5. The van der Waals surface area contributed by atoms with E-state index in [4.69, 9.17) is 0 Å². The van der Waals surface area contributed by atoms with Crippen LogP contribution in [0.15, 0.2) is 253 Å². The summed E-state index contributed by atoms with van der Waals surface area (Å²) in [5.74, 6) is 0.546. The van der Waals surface area contributed by atoms with Crippen molar-refractivity contribution in [2.75, 3.05) is 0 Å². The van der Waals surface area contributed by atoms with Crippen LogP contribution in [0.2, 0.25) is 0 Å². The van der Waals surface area contributed by atoms with Crippen LogP contribution in [-0.2, 0) is 12.8 Å². The largest absolute Gasteiger partial charge is 0.309 e. The Kier molecular flexibility index (Phi) is 9.32. The highest BCUT2D eigenvalue weighted by Crippen LogP contribution is 2.54. The van der Waals surface area contributed by atoms with E-state index in [-0.39, 0.29) is 11.8 Å². The fraction of sp³-hybridized carbons (Fsp3) is 0.0882. The molecular formula is C68H50N2. The second-order valence-corrected chi connectivity index (χ2v) is 19.4. The molecule has 4 aliphatic rings. The molecule has 70 heavy (non-hydrogen) atoms. The lowest BCUT2D eigenvalue weighted by Gasteiger charge is -2.42. The molecule has 2 unspecified atom stereocenters. The van der Waals surface area contributed by atoms with Crippen molar-refractivity contribution in [3.05, 3.63) is 275 Å². The standard InChI is InChI=1S/C68H50N2/c1-3-43-11-9-13-53(39-43)69-63-17-7-5-15-57(63)61-41-51(31-37-65(61)69)45-19-23-47(24-20-45)55-33-27-49-30-36-60-56(34-28-50-29-35-59(55)67(49)68(50)60)48-25-21-46(22-26-48)52-32-38-66-62(42-52)58-16-6-8-18-64(58)70(66)54-14-10-12-44(4-2)40-54/h5-42,67-68H,3-4H2,1-2H3. The number of hydrogen-bond acceptors (Lipinski definition) is 0. The molecule has 0 saturated carbocycles. The van der Waals surface area contributed by atoms with Gasteiger partial charge >= 0.3 is 0 Å². The van der Waals surface area contributed by atoms with Crippen LogP contribution in [0.3, 0.4) is 0 Å². The first-order valence-corrected chi connectivity index (χ1v) is 25.0. The molecule has 0 radical (unpaired) electrons. The van der Waals surface area contributed by atoms with Crippen LogP contribution >= 0.6 is 0 Å². The van der Waals surface area contributed by atoms with Crippen LogP contribution in [-0.4, -0.2) is 9.13 Å². The van der Waals surface area contributed by atoms with Gasteiger partial charge in [-0.1, -0.05) is 184 Å². The first-order valence-electron chi connectivity index (χ1n) is 25.0. The van der Waals surface area contributed by atoms with E-state index < -0.39 is 0 Å². The van der Waals surface area contributed by atoms with Crippen molar-refractivity contribution in [1.29, 1.82) is 0 Å². The molecule has 332 valence electrons. The van der Waals surface area contributed by atoms with Crippen molar-refractivity contribution in [3.63, 3.8) is 0 Å². The van der Waals surface area contributed by atoms with Crippen molar-refractivity contribution in [1.82, 2.24) is 9.13 Å². The molecule has 0 fully saturated rings. The predicted octanol–water partition coefficient (Wildman–Crippen LogP) is 17.4. The van der Waals surface area contributed by atoms with Crippen LogP contribution < -0.4 is 0 Å². The second-order valence-electron chi connectivity index (χ2n) is 19.4. The van der Waals surface area contributed by atoms with Crippen LogP contribution in [0.25, 0.3) is 88.4 Å². The molecule has 0 spiro atoms. The third-order valence-electron chi connectivity index (χ3n) is 15.7. The average molecular weight is 895 g/mol. The van der Waals surface area contributed by atoms with E-state index in [9.17, 15) is 0 Å². The van der Waals surface area contributed by atoms with Crippen LogP contribution in [0, 0.1) is 11.8 Å². The summed E-state index contributed by atoms with van der Waals surface area (Å²) in [5, 5.41) is 5.11. The smallest absolute Gasteiger partial charge is 0.0541 e. The number of allylic oxidation sites excluding steroid dienone is 14. The lowest BCUT2D eigenvalue weighted by Crippen LogP contribution is -2.30. The molecule has 2 heteroatoms. The van der Waals surface area contributed by atoms with Gasteiger partial charge in [0.15, 0.2) is 0 Å². The molecule has 8 aromatic carbocycles. The molecule has 10 aromatic rings. The lowest BCUT2D eigenvalue weighted by molar-refractivity contribution is 0.569. The van der Waals surface area contributed by atoms with Gasteiger partial charge in [-0.25, -0.2) is 0 Å². The number of para-hydroxylation sites is 2. The van der Waals surface area contributed by atoms with E-state index >= 15 is 0 Å². The monoisotopic (exact) mass is 894 g/mol. The molecule has 2 atom stereocenters. The minimum Gasteiger partial charge on any atom is -0.309 e. The molecule has 0 N–H and O–H groups in total. The van der Waals surface area contributed by atoms with E-state index in [1.54, 1.807) is 0 Å². The molecule has 2 heterocycles. The maximum Gasteiger partial charge on any atom is 0.0541 e. The van der Waals surface area contributed by atoms with Crippen molar-refractivity contribution < 1.29 is 0 Å². The van der Waals surface area contributed by atoms with Gasteiger partial charge in [0, 0.05) is 44.8 Å². The average Bonchev–Trinajstić information content (AvgIpc) is 3.94. The Morgan fingerprint density at radius 1 is 0.357 bits per heavy atom. The number of hydrogen-bond donors (Lipinski definition) is 0. The molecule has 2 nitrogen and oxygen atoms in total. The van der Waals surface area contributed by atoms with Gasteiger partial charge in [0.05, 0.1) is 22.1 Å². The minimum atomic E-state index is 0.273. The summed E-state index contributed by atoms with van der Waals surface area (Å²) in [6, 6.07) is 68.1. The Hall–Kier alpha value is -8.46. The van der Waals surface area contributed by atoms with E-state index in [0.717, 1.165) is 12.8 Å². The van der Waals surface area contributed by atoms with E-state index in [1.807, 2.05) is 0 Å². The van der Waals surface area contributed by atoms with Gasteiger partial charge in [-0.15, -0.1) is 0 Å². The number of rotatable bonds is 8. The third kappa shape index (κ3) is 6.33. The Morgan fingerprint density at radius 2 is 0.843 bits per heavy atom. The molecule has 0 saturated heterocycles. The SMILES string of the molecule is CCc1cccc(-n2c3ccccc3c3cc(-c4ccc(C5=CC=C6C=CC7=C(c8ccc(-c9ccc%10c(c9)c9ccccc9n%10-c9cccc(CC)c9)cc8)C=CC8=CC=C5C6C87)cc4)ccc32)c1. The molecular weight excluding hydrogens is 845 g/mol. The van der Waals surface area contributed by atoms with Crippen LogP contribution in [0.5, 0.6) is 0 Å². The van der Waals surface area contributed by atoms with E-state index in [0.29, 0.717) is 0 Å². The Bertz CT molecular complexity index is 4050. The first-order chi connectivity index (χ1) is 34.6. The Labute approximate surface area is 409 Å². The summed E-state index contributed by atoms with van der Waals surface area (Å²) in [5.41, 5.74) is 25.7. The summed E-state index contributed by atoms with van der Waals surface area (Å²) >= 11 is 0. The molecule has 2 aromatic heterocycles. The van der Waals surface area contributed by atoms with Crippen molar-refractivity contribution in [2.24, 2.45) is 11.8 Å². The van der Waals surface area contributed by atoms with Crippen molar-refractivity contribution >= 4 is 54.8 Å². The van der Waals surface area contributed by atoms with Gasteiger partial charge < -0.3 is 9.13 Å². The number of benzene rings is 8. The number of fused-ring (bicyclic) bond motifs is 6. The summed E-state index contributed by atoms with van der Waals surface area (Å²) in [6.45, 7) is 4.45. The number of nitrogens with zero attached hydrogens (tertiary/aromatic N) is 2. The molecule has 4 aliphatic carbocycles. The van der Waals surface area contributed by atoms with Crippen molar-refractivity contribution in [2.45, 2.75) is 26.7 Å². The van der Waals surface area contributed by atoms with Crippen LogP contribution in [0.1, 0.15) is 36.1 Å². The zero-order valence-electron chi connectivity index (χ0n) is 39.4. The topological polar surface area (TPSA) is 9.86 Å². The fourth-order valence-electron chi connectivity index (χ4n) is 12.2. The van der Waals surface area contributed by atoms with Gasteiger partial charge in [-0.3, -0.25) is 0 Å². The first kappa shape index (κ1) is 40.6. The highest BCUT2D eigenvalue weighted by molar-refractivity contribution is 6.11. The normalized spacial score (nSPS) is 17.0. The second kappa shape index (κ2) is 16.1. The van der Waals surface area contributed by atoms with Gasteiger partial charge in [0.1, 0.15) is 0 Å². The van der Waals surface area contributed by atoms with Gasteiger partial charge in [-0.05, 0) is 151 Å². The molecule has 0 bridgehead atoms. The summed E-state index contributed by atoms with van der Waals surface area (Å²) in [6.07, 6.45) is 21.0. The zero-order valence-corrected chi connectivity index (χ0v) is 39.4. The minimum absolute atomic E-state index is 0.273. The lowest BCUT2D eigenvalue weighted by atomic mass is 9.61. The van der Waals surface area contributed by atoms with Crippen molar-refractivity contribution in [3.8, 4) is 33.6 Å². The predicted molar refractivity (Wildman–Crippen MR) is 296 cm³/mol. The number of aromatic nitrogens is 2. The maximum atomic E-state index is 2.42. The molecule has 0 amide bonds. The van der Waals surface area contributed by atoms with E-state index in [2.05, 4.69) is 254 Å². The molecule has 0 aliphatic heterocycles. The van der Waals surface area contributed by atoms with Gasteiger partial charge in [-0.2, -0.15) is 0 Å². The highest BCUT2D eigenvalue weighted by Gasteiger charge is 2.40. The third-order valence-corrected chi connectivity index (χ3v) is 15.7. The quantitative estimate of drug-likeness (QED) is 0.144. The Morgan fingerprint density at radius 3 is 1.43 bits per heavy atom. The number of aryl methyl sites for hydroxylation is 2.